The fourth-order valence-corrected chi connectivity index (χ4v) is 2.79. The Bertz CT molecular complexity index is 439. The van der Waals surface area contributed by atoms with Crippen molar-refractivity contribution in [3.8, 4) is 0 Å². The molecular weight excluding hydrogens is 268 g/mol. The molecule has 1 unspecified atom stereocenters. The smallest absolute Gasteiger partial charge is 0.253 e. The summed E-state index contributed by atoms with van der Waals surface area (Å²) in [6.07, 6.45) is 0.804. The number of ether oxygens (including phenoxy) is 1. The van der Waals surface area contributed by atoms with Gasteiger partial charge in [0.05, 0.1) is 6.61 Å². The Kier molecular flexibility index (Phi) is 5.73. The maximum Gasteiger partial charge on any atom is 0.253 e. The zero-order valence-corrected chi connectivity index (χ0v) is 12.5. The first kappa shape index (κ1) is 15.9. The van der Waals surface area contributed by atoms with Crippen LogP contribution in [0.5, 0.6) is 0 Å². The Morgan fingerprint density at radius 1 is 1.38 bits per heavy atom. The van der Waals surface area contributed by atoms with Gasteiger partial charge in [0.15, 0.2) is 6.10 Å². The molecule has 1 aromatic rings. The lowest BCUT2D eigenvalue weighted by molar-refractivity contribution is -0.130. The molecule has 1 amide bonds. The third-order valence-corrected chi connectivity index (χ3v) is 4.12. The molecule has 5 nitrogen and oxygen atoms in total. The van der Waals surface area contributed by atoms with Crippen LogP contribution in [0.15, 0.2) is 30.3 Å². The predicted octanol–water partition coefficient (Wildman–Crippen LogP) is 0.852. The second-order valence-corrected chi connectivity index (χ2v) is 5.71. The molecule has 0 aromatic heterocycles. The van der Waals surface area contributed by atoms with Gasteiger partial charge in [-0.05, 0) is 31.5 Å². The highest BCUT2D eigenvalue weighted by Gasteiger charge is 2.33. The number of aliphatic hydroxyl groups excluding tert-OH is 1. The molecule has 1 saturated heterocycles. The van der Waals surface area contributed by atoms with Crippen LogP contribution in [-0.2, 0) is 9.53 Å². The lowest BCUT2D eigenvalue weighted by Crippen LogP contribution is -2.47. The van der Waals surface area contributed by atoms with Crippen LogP contribution in [0.1, 0.15) is 24.5 Å². The van der Waals surface area contributed by atoms with E-state index in [1.165, 1.54) is 0 Å². The Labute approximate surface area is 125 Å². The molecule has 1 aliphatic heterocycles. The Hall–Kier alpha value is -1.43. The van der Waals surface area contributed by atoms with Crippen LogP contribution in [-0.4, -0.2) is 44.4 Å². The summed E-state index contributed by atoms with van der Waals surface area (Å²) >= 11 is 0. The average Bonchev–Trinajstić information content (AvgIpc) is 2.54. The molecule has 21 heavy (non-hydrogen) atoms. The molecule has 0 aliphatic carbocycles. The van der Waals surface area contributed by atoms with Crippen molar-refractivity contribution < 1.29 is 14.6 Å². The second-order valence-electron chi connectivity index (χ2n) is 5.71. The summed E-state index contributed by atoms with van der Waals surface area (Å²) in [5.74, 6) is -0.352. The molecule has 116 valence electrons. The van der Waals surface area contributed by atoms with E-state index >= 15 is 0 Å². The van der Waals surface area contributed by atoms with E-state index in [0.717, 1.165) is 25.9 Å². The topological polar surface area (TPSA) is 70.6 Å². The Balaban J connectivity index is 1.92. The van der Waals surface area contributed by atoms with Crippen molar-refractivity contribution in [2.75, 3.05) is 33.4 Å². The first-order chi connectivity index (χ1) is 10.2. The number of carbonyl (C=O) groups is 1. The molecule has 1 aliphatic rings. The third kappa shape index (κ3) is 4.27. The number of hydrogen-bond acceptors (Lipinski definition) is 4. The van der Waals surface area contributed by atoms with Crippen LogP contribution < -0.4 is 10.6 Å². The molecule has 1 fully saturated rings. The van der Waals surface area contributed by atoms with Crippen molar-refractivity contribution >= 4 is 5.91 Å². The minimum Gasteiger partial charge on any atom is -0.384 e. The van der Waals surface area contributed by atoms with Gasteiger partial charge in [-0.3, -0.25) is 4.79 Å². The van der Waals surface area contributed by atoms with Crippen molar-refractivity contribution in [3.05, 3.63) is 35.9 Å². The lowest BCUT2D eigenvalue weighted by atomic mass is 9.79. The molecule has 0 spiro atoms. The summed E-state index contributed by atoms with van der Waals surface area (Å²) in [6.45, 7) is 3.02. The van der Waals surface area contributed by atoms with Gasteiger partial charge in [-0.15, -0.1) is 0 Å². The quantitative estimate of drug-likeness (QED) is 0.727. The maximum absolute atomic E-state index is 12.1. The first-order valence-corrected chi connectivity index (χ1v) is 7.37. The zero-order valence-electron chi connectivity index (χ0n) is 12.5. The fraction of sp³-hybridized carbons (Fsp3) is 0.562. The lowest BCUT2D eigenvalue weighted by Gasteiger charge is -2.37. The van der Waals surface area contributed by atoms with E-state index in [4.69, 9.17) is 4.74 Å². The van der Waals surface area contributed by atoms with Crippen LogP contribution in [0.2, 0.25) is 0 Å². The number of amides is 1. The van der Waals surface area contributed by atoms with E-state index in [-0.39, 0.29) is 11.3 Å². The molecule has 1 heterocycles. The summed E-state index contributed by atoms with van der Waals surface area (Å²) in [5.41, 5.74) is 0.576. The Morgan fingerprint density at radius 3 is 2.67 bits per heavy atom. The van der Waals surface area contributed by atoms with Crippen molar-refractivity contribution in [1.82, 2.24) is 10.6 Å². The van der Waals surface area contributed by atoms with Crippen molar-refractivity contribution in [2.24, 2.45) is 5.41 Å². The van der Waals surface area contributed by atoms with Gasteiger partial charge in [0.2, 0.25) is 0 Å². The van der Waals surface area contributed by atoms with Gasteiger partial charge in [-0.1, -0.05) is 30.3 Å². The molecule has 3 N–H and O–H groups in total. The predicted molar refractivity (Wildman–Crippen MR) is 80.8 cm³/mol. The summed E-state index contributed by atoms with van der Waals surface area (Å²) in [5, 5.41) is 16.3. The molecule has 2 rings (SSSR count). The van der Waals surface area contributed by atoms with Crippen LogP contribution in [0.3, 0.4) is 0 Å². The molecule has 0 bridgehead atoms. The number of rotatable bonds is 6. The number of carbonyl (C=O) groups excluding carboxylic acids is 1. The van der Waals surface area contributed by atoms with E-state index in [1.807, 2.05) is 18.2 Å². The molecular formula is C16H24N2O3. The van der Waals surface area contributed by atoms with Crippen molar-refractivity contribution in [3.63, 3.8) is 0 Å². The van der Waals surface area contributed by atoms with Crippen LogP contribution in [0.4, 0.5) is 0 Å². The summed E-state index contributed by atoms with van der Waals surface area (Å²) < 4.78 is 5.32. The van der Waals surface area contributed by atoms with Gasteiger partial charge in [0.1, 0.15) is 0 Å². The normalized spacial score (nSPS) is 19.0. The first-order valence-electron chi connectivity index (χ1n) is 7.37. The number of nitrogens with one attached hydrogen (secondary N) is 2. The number of methoxy groups -OCH3 is 1. The zero-order chi connectivity index (χ0) is 15.1. The monoisotopic (exact) mass is 292 g/mol. The fourth-order valence-electron chi connectivity index (χ4n) is 2.79. The van der Waals surface area contributed by atoms with E-state index < -0.39 is 6.10 Å². The molecule has 5 heteroatoms. The minimum atomic E-state index is -1.12. The van der Waals surface area contributed by atoms with Gasteiger partial charge >= 0.3 is 0 Å². The molecule has 0 radical (unpaired) electrons. The van der Waals surface area contributed by atoms with Crippen LogP contribution in [0, 0.1) is 5.41 Å². The van der Waals surface area contributed by atoms with Crippen molar-refractivity contribution in [1.29, 1.82) is 0 Å². The summed E-state index contributed by atoms with van der Waals surface area (Å²) in [4.78, 5) is 12.1. The van der Waals surface area contributed by atoms with Gasteiger partial charge in [-0.2, -0.15) is 0 Å². The Morgan fingerprint density at radius 2 is 2.05 bits per heavy atom. The number of aliphatic hydroxyl groups is 1. The molecule has 1 aromatic carbocycles. The standard InChI is InChI=1S/C16H24N2O3/c1-21-12-16(7-9-17-10-8-16)11-18-15(20)14(19)13-5-3-2-4-6-13/h2-6,14,17,19H,7-12H2,1H3,(H,18,20). The SMILES string of the molecule is COCC1(CNC(=O)C(O)c2ccccc2)CCNCC1. The average molecular weight is 292 g/mol. The van der Waals surface area contributed by atoms with E-state index in [0.29, 0.717) is 18.7 Å². The highest BCUT2D eigenvalue weighted by atomic mass is 16.5. The van der Waals surface area contributed by atoms with Crippen LogP contribution >= 0.6 is 0 Å². The third-order valence-electron chi connectivity index (χ3n) is 4.12. The summed E-state index contributed by atoms with van der Waals surface area (Å²) in [6, 6.07) is 8.98. The van der Waals surface area contributed by atoms with E-state index in [1.54, 1.807) is 19.2 Å². The summed E-state index contributed by atoms with van der Waals surface area (Å²) in [7, 11) is 1.68. The highest BCUT2D eigenvalue weighted by Crippen LogP contribution is 2.28. The second kappa shape index (κ2) is 7.54. The van der Waals surface area contributed by atoms with Gasteiger partial charge < -0.3 is 20.5 Å². The molecule has 1 atom stereocenters. The minimum absolute atomic E-state index is 0.0356. The van der Waals surface area contributed by atoms with E-state index in [9.17, 15) is 9.90 Å². The van der Waals surface area contributed by atoms with E-state index in [2.05, 4.69) is 10.6 Å². The maximum atomic E-state index is 12.1. The number of piperidine rings is 1. The number of hydrogen-bond donors (Lipinski definition) is 3. The highest BCUT2D eigenvalue weighted by molar-refractivity contribution is 5.81. The number of benzene rings is 1. The van der Waals surface area contributed by atoms with Crippen LogP contribution in [0.25, 0.3) is 0 Å². The molecule has 0 saturated carbocycles. The van der Waals surface area contributed by atoms with Crippen molar-refractivity contribution in [2.45, 2.75) is 18.9 Å². The largest absolute Gasteiger partial charge is 0.384 e. The van der Waals surface area contributed by atoms with Gasteiger partial charge in [0, 0.05) is 19.1 Å². The van der Waals surface area contributed by atoms with Gasteiger partial charge in [0.25, 0.3) is 5.91 Å². The van der Waals surface area contributed by atoms with Gasteiger partial charge in [-0.25, -0.2) is 0 Å².